The number of nitrogens with zero attached hydrogens (tertiary/aromatic N) is 7. The van der Waals surface area contributed by atoms with E-state index in [1.165, 1.54) is 4.68 Å². The standard InChI is InChI=1S/C21H18N10O/c1-13-23-18(28-20(22)24-13)17-19(27-16-9-5-6-11-30(16)17)26-15-10-12-31(29-15)21(32)25-14-7-3-2-4-8-14/h2-12H,1H3,(H,25,32)(H,26,29)(H2,22,23,24,28). The number of nitrogen functional groups attached to an aromatic ring is 1. The molecule has 0 fully saturated rings. The van der Waals surface area contributed by atoms with E-state index in [1.807, 2.05) is 47.0 Å². The van der Waals surface area contributed by atoms with Gasteiger partial charge in [0.05, 0.1) is 0 Å². The number of benzene rings is 1. The molecule has 4 heterocycles. The number of pyridine rings is 1. The minimum atomic E-state index is -0.389. The highest BCUT2D eigenvalue weighted by molar-refractivity contribution is 5.90. The number of hydrogen-bond donors (Lipinski definition) is 3. The molecule has 4 N–H and O–H groups in total. The number of aryl methyl sites for hydroxylation is 1. The van der Waals surface area contributed by atoms with Crippen LogP contribution in [0.5, 0.6) is 0 Å². The Bertz CT molecular complexity index is 1400. The molecule has 5 rings (SSSR count). The van der Waals surface area contributed by atoms with E-state index in [9.17, 15) is 4.79 Å². The molecular formula is C21H18N10O. The Hall–Kier alpha value is -4.80. The average Bonchev–Trinajstić information content (AvgIpc) is 3.38. The predicted octanol–water partition coefficient (Wildman–Crippen LogP) is 3.10. The molecule has 0 aliphatic heterocycles. The topological polar surface area (TPSA) is 141 Å². The number of amides is 1. The third kappa shape index (κ3) is 3.69. The lowest BCUT2D eigenvalue weighted by molar-refractivity contribution is 0.251. The third-order valence-corrected chi connectivity index (χ3v) is 4.57. The van der Waals surface area contributed by atoms with E-state index in [-0.39, 0.29) is 12.0 Å². The lowest BCUT2D eigenvalue weighted by atomic mass is 10.3. The Labute approximate surface area is 182 Å². The Morgan fingerprint density at radius 3 is 2.56 bits per heavy atom. The zero-order valence-electron chi connectivity index (χ0n) is 17.0. The molecule has 11 nitrogen and oxygen atoms in total. The van der Waals surface area contributed by atoms with E-state index in [1.54, 1.807) is 31.3 Å². The van der Waals surface area contributed by atoms with Gasteiger partial charge in [0.25, 0.3) is 0 Å². The number of nitrogens with two attached hydrogens (primary N) is 1. The summed E-state index contributed by atoms with van der Waals surface area (Å²) in [5.74, 6) is 1.88. The molecule has 158 valence electrons. The lowest BCUT2D eigenvalue weighted by Gasteiger charge is -2.06. The third-order valence-electron chi connectivity index (χ3n) is 4.57. The van der Waals surface area contributed by atoms with Crippen LogP contribution >= 0.6 is 0 Å². The van der Waals surface area contributed by atoms with Gasteiger partial charge in [0.1, 0.15) is 17.2 Å². The zero-order valence-corrected chi connectivity index (χ0v) is 17.0. The zero-order chi connectivity index (χ0) is 22.1. The molecule has 0 atom stereocenters. The van der Waals surface area contributed by atoms with Gasteiger partial charge in [-0.15, -0.1) is 5.10 Å². The van der Waals surface area contributed by atoms with Crippen LogP contribution in [0.2, 0.25) is 0 Å². The van der Waals surface area contributed by atoms with Gasteiger partial charge in [-0.25, -0.2) is 14.8 Å². The SMILES string of the molecule is Cc1nc(N)nc(-c2c(Nc3ccn(C(=O)Nc4ccccc4)n3)nc3ccccn23)n1. The fourth-order valence-corrected chi connectivity index (χ4v) is 3.23. The fourth-order valence-electron chi connectivity index (χ4n) is 3.23. The first-order valence-corrected chi connectivity index (χ1v) is 9.71. The number of nitrogens with one attached hydrogen (secondary N) is 2. The Balaban J connectivity index is 1.48. The first kappa shape index (κ1) is 19.2. The summed E-state index contributed by atoms with van der Waals surface area (Å²) in [7, 11) is 0. The van der Waals surface area contributed by atoms with Gasteiger partial charge in [-0.1, -0.05) is 24.3 Å². The van der Waals surface area contributed by atoms with Crippen molar-refractivity contribution in [3.63, 3.8) is 0 Å². The van der Waals surface area contributed by atoms with Crippen LogP contribution in [0.15, 0.2) is 67.0 Å². The summed E-state index contributed by atoms with van der Waals surface area (Å²) in [6.07, 6.45) is 3.41. The van der Waals surface area contributed by atoms with Crippen molar-refractivity contribution < 1.29 is 4.79 Å². The maximum Gasteiger partial charge on any atom is 0.346 e. The average molecular weight is 426 g/mol. The maximum absolute atomic E-state index is 12.5. The number of fused-ring (bicyclic) bond motifs is 1. The van der Waals surface area contributed by atoms with Crippen molar-refractivity contribution in [1.82, 2.24) is 34.1 Å². The predicted molar refractivity (Wildman–Crippen MR) is 120 cm³/mol. The molecule has 4 aromatic heterocycles. The van der Waals surface area contributed by atoms with E-state index in [2.05, 4.69) is 35.7 Å². The summed E-state index contributed by atoms with van der Waals surface area (Å²) < 4.78 is 3.05. The van der Waals surface area contributed by atoms with Crippen molar-refractivity contribution in [1.29, 1.82) is 0 Å². The van der Waals surface area contributed by atoms with Gasteiger partial charge in [0, 0.05) is 24.1 Å². The van der Waals surface area contributed by atoms with Crippen molar-refractivity contribution >= 4 is 34.9 Å². The second-order valence-corrected chi connectivity index (χ2v) is 6.87. The first-order chi connectivity index (χ1) is 15.6. The van der Waals surface area contributed by atoms with Crippen LogP contribution in [0.3, 0.4) is 0 Å². The second-order valence-electron chi connectivity index (χ2n) is 6.87. The molecule has 0 aliphatic carbocycles. The van der Waals surface area contributed by atoms with Crippen molar-refractivity contribution in [3.8, 4) is 11.5 Å². The van der Waals surface area contributed by atoms with Gasteiger partial charge in [-0.3, -0.25) is 4.40 Å². The van der Waals surface area contributed by atoms with Crippen LogP contribution in [0.1, 0.15) is 5.82 Å². The number of rotatable bonds is 4. The van der Waals surface area contributed by atoms with Gasteiger partial charge in [0.2, 0.25) is 5.95 Å². The fraction of sp³-hybridized carbons (Fsp3) is 0.0476. The normalized spacial score (nSPS) is 10.9. The molecule has 0 unspecified atom stereocenters. The largest absolute Gasteiger partial charge is 0.368 e. The van der Waals surface area contributed by atoms with Crippen molar-refractivity contribution in [2.75, 3.05) is 16.4 Å². The molecular weight excluding hydrogens is 408 g/mol. The van der Waals surface area contributed by atoms with Crippen molar-refractivity contribution in [2.45, 2.75) is 6.92 Å². The van der Waals surface area contributed by atoms with Crippen LogP contribution in [0.25, 0.3) is 17.2 Å². The van der Waals surface area contributed by atoms with E-state index in [4.69, 9.17) is 5.73 Å². The van der Waals surface area contributed by atoms with Crippen molar-refractivity contribution in [3.05, 3.63) is 72.8 Å². The van der Waals surface area contributed by atoms with E-state index in [0.717, 1.165) is 0 Å². The van der Waals surface area contributed by atoms with Crippen LogP contribution in [-0.2, 0) is 0 Å². The number of para-hydroxylation sites is 1. The molecule has 32 heavy (non-hydrogen) atoms. The highest BCUT2D eigenvalue weighted by Gasteiger charge is 2.19. The summed E-state index contributed by atoms with van der Waals surface area (Å²) in [6.45, 7) is 1.74. The number of anilines is 4. The molecule has 0 radical (unpaired) electrons. The number of carbonyl (C=O) groups excluding carboxylic acids is 1. The number of carbonyl (C=O) groups is 1. The molecule has 5 aromatic rings. The molecule has 1 amide bonds. The van der Waals surface area contributed by atoms with E-state index in [0.29, 0.717) is 40.3 Å². The molecule has 0 spiro atoms. The maximum atomic E-state index is 12.5. The smallest absolute Gasteiger partial charge is 0.346 e. The van der Waals surface area contributed by atoms with E-state index < -0.39 is 0 Å². The quantitative estimate of drug-likeness (QED) is 0.398. The van der Waals surface area contributed by atoms with E-state index >= 15 is 0 Å². The van der Waals surface area contributed by atoms with Crippen LogP contribution in [0.4, 0.5) is 28.1 Å². The molecule has 11 heteroatoms. The second kappa shape index (κ2) is 7.80. The van der Waals surface area contributed by atoms with Crippen LogP contribution in [0, 0.1) is 6.92 Å². The molecule has 0 aliphatic rings. The Morgan fingerprint density at radius 1 is 0.938 bits per heavy atom. The number of imidazole rings is 1. The molecule has 0 bridgehead atoms. The summed E-state index contributed by atoms with van der Waals surface area (Å²) in [5.41, 5.74) is 7.80. The highest BCUT2D eigenvalue weighted by atomic mass is 16.2. The Kier molecular flexibility index (Phi) is 4.67. The molecule has 0 saturated heterocycles. The monoisotopic (exact) mass is 426 g/mol. The first-order valence-electron chi connectivity index (χ1n) is 9.71. The molecule has 1 aromatic carbocycles. The molecule has 0 saturated carbocycles. The summed E-state index contributed by atoms with van der Waals surface area (Å²) >= 11 is 0. The Morgan fingerprint density at radius 2 is 1.75 bits per heavy atom. The summed E-state index contributed by atoms with van der Waals surface area (Å²) in [4.78, 5) is 29.8. The minimum Gasteiger partial charge on any atom is -0.368 e. The van der Waals surface area contributed by atoms with Gasteiger partial charge in [-0.05, 0) is 31.2 Å². The van der Waals surface area contributed by atoms with Gasteiger partial charge in [0.15, 0.2) is 17.5 Å². The summed E-state index contributed by atoms with van der Waals surface area (Å²) in [6, 6.07) is 16.0. The van der Waals surface area contributed by atoms with Crippen molar-refractivity contribution in [2.24, 2.45) is 0 Å². The van der Waals surface area contributed by atoms with Gasteiger partial charge < -0.3 is 16.4 Å². The summed E-state index contributed by atoms with van der Waals surface area (Å²) in [5, 5.41) is 10.2. The number of aromatic nitrogens is 7. The number of hydrogen-bond acceptors (Lipinski definition) is 8. The van der Waals surface area contributed by atoms with Crippen LogP contribution < -0.4 is 16.4 Å². The van der Waals surface area contributed by atoms with Gasteiger partial charge >= 0.3 is 6.03 Å². The van der Waals surface area contributed by atoms with Gasteiger partial charge in [-0.2, -0.15) is 14.6 Å². The minimum absolute atomic E-state index is 0.117. The van der Waals surface area contributed by atoms with Crippen LogP contribution in [-0.4, -0.2) is 40.1 Å². The lowest BCUT2D eigenvalue weighted by Crippen LogP contribution is -2.19. The highest BCUT2D eigenvalue weighted by Crippen LogP contribution is 2.29.